The Bertz CT molecular complexity index is 1040. The van der Waals surface area contributed by atoms with E-state index in [-0.39, 0.29) is 12.0 Å². The zero-order valence-corrected chi connectivity index (χ0v) is 20.4. The van der Waals surface area contributed by atoms with Crippen LogP contribution in [0.25, 0.3) is 11.0 Å². The van der Waals surface area contributed by atoms with Crippen LogP contribution in [0.1, 0.15) is 38.1 Å². The van der Waals surface area contributed by atoms with Gasteiger partial charge < -0.3 is 20.1 Å². The Hall–Kier alpha value is -2.85. The molecule has 0 fully saturated rings. The van der Waals surface area contributed by atoms with Gasteiger partial charge in [-0.05, 0) is 50.8 Å². The molecule has 2 N–H and O–H groups in total. The van der Waals surface area contributed by atoms with Crippen molar-refractivity contribution in [1.82, 2.24) is 25.1 Å². The summed E-state index contributed by atoms with van der Waals surface area (Å²) in [6, 6.07) is 7.13. The second-order valence-electron chi connectivity index (χ2n) is 7.46. The van der Waals surface area contributed by atoms with Crippen LogP contribution >= 0.6 is 11.8 Å². The van der Waals surface area contributed by atoms with Crippen molar-refractivity contribution in [2.75, 3.05) is 37.4 Å². The van der Waals surface area contributed by atoms with Gasteiger partial charge in [-0.2, -0.15) is 5.10 Å². The summed E-state index contributed by atoms with van der Waals surface area (Å²) in [4.78, 5) is 21.8. The number of thioether (sulfide) groups is 1. The van der Waals surface area contributed by atoms with Gasteiger partial charge in [-0.3, -0.25) is 4.79 Å². The molecule has 2 aromatic heterocycles. The molecule has 0 aliphatic rings. The largest absolute Gasteiger partial charge is 0.491 e. The van der Waals surface area contributed by atoms with Crippen molar-refractivity contribution >= 4 is 34.5 Å². The fourth-order valence-corrected chi connectivity index (χ4v) is 3.71. The molecule has 9 nitrogen and oxygen atoms in total. The molecule has 3 rings (SSSR count). The predicted octanol–water partition coefficient (Wildman–Crippen LogP) is 3.60. The number of hydrogen-bond donors (Lipinski definition) is 2. The average Bonchev–Trinajstić information content (AvgIpc) is 3.20. The number of nitrogens with one attached hydrogen (secondary N) is 2. The predicted molar refractivity (Wildman–Crippen MR) is 131 cm³/mol. The lowest BCUT2D eigenvalue weighted by molar-refractivity contribution is 0.0952. The van der Waals surface area contributed by atoms with Crippen LogP contribution in [0.5, 0.6) is 5.75 Å². The van der Waals surface area contributed by atoms with E-state index in [1.807, 2.05) is 20.8 Å². The van der Waals surface area contributed by atoms with Crippen LogP contribution < -0.4 is 15.4 Å². The summed E-state index contributed by atoms with van der Waals surface area (Å²) in [5.74, 6) is 2.22. The molecule has 0 radical (unpaired) electrons. The molecule has 33 heavy (non-hydrogen) atoms. The number of carbonyl (C=O) groups excluding carboxylic acids is 1. The molecule has 3 aromatic rings. The van der Waals surface area contributed by atoms with Crippen LogP contribution in [0.3, 0.4) is 0 Å². The Morgan fingerprint density at radius 1 is 1.15 bits per heavy atom. The van der Waals surface area contributed by atoms with E-state index in [1.54, 1.807) is 46.9 Å². The van der Waals surface area contributed by atoms with Gasteiger partial charge in [-0.15, -0.1) is 0 Å². The second-order valence-corrected chi connectivity index (χ2v) is 8.69. The smallest absolute Gasteiger partial charge is 0.251 e. The van der Waals surface area contributed by atoms with Crippen LogP contribution in [0.4, 0.5) is 5.82 Å². The van der Waals surface area contributed by atoms with Crippen molar-refractivity contribution in [3.8, 4) is 5.75 Å². The van der Waals surface area contributed by atoms with Crippen molar-refractivity contribution in [3.63, 3.8) is 0 Å². The van der Waals surface area contributed by atoms with E-state index in [4.69, 9.17) is 9.47 Å². The van der Waals surface area contributed by atoms with E-state index in [1.165, 1.54) is 0 Å². The normalized spacial score (nSPS) is 11.2. The van der Waals surface area contributed by atoms with Crippen LogP contribution in [0.15, 0.2) is 35.6 Å². The van der Waals surface area contributed by atoms with E-state index in [2.05, 4.69) is 32.6 Å². The summed E-state index contributed by atoms with van der Waals surface area (Å²) in [6.45, 7) is 10.8. The molecular formula is C23H32N6O3S. The van der Waals surface area contributed by atoms with Gasteiger partial charge in [-0.25, -0.2) is 14.6 Å². The van der Waals surface area contributed by atoms with E-state index < -0.39 is 0 Å². The number of amides is 1. The quantitative estimate of drug-likeness (QED) is 0.221. The molecule has 0 aliphatic carbocycles. The molecule has 2 heterocycles. The molecular weight excluding hydrogens is 440 g/mol. The first-order chi connectivity index (χ1) is 16.0. The van der Waals surface area contributed by atoms with Crippen molar-refractivity contribution in [1.29, 1.82) is 0 Å². The van der Waals surface area contributed by atoms with Crippen LogP contribution in [-0.4, -0.2) is 63.8 Å². The monoisotopic (exact) mass is 472 g/mol. The first kappa shape index (κ1) is 24.8. The third-order valence-electron chi connectivity index (χ3n) is 4.59. The molecule has 0 saturated carbocycles. The SMILES string of the molecule is CCOCCNc1nc(SCC)nc2c1cnn2CCNC(=O)c1ccc(OC(C)C)cc1. The van der Waals surface area contributed by atoms with Gasteiger partial charge >= 0.3 is 0 Å². The number of carbonyl (C=O) groups is 1. The van der Waals surface area contributed by atoms with Gasteiger partial charge in [0, 0.05) is 25.3 Å². The average molecular weight is 473 g/mol. The number of benzene rings is 1. The standard InChI is InChI=1S/C23H32N6O3S/c1-5-31-14-12-24-20-19-15-26-29(21(19)28-23(27-20)33-6-2)13-11-25-22(30)17-7-9-18(10-8-17)32-16(3)4/h7-10,15-16H,5-6,11-14H2,1-4H3,(H,25,30)(H,24,27,28). The minimum absolute atomic E-state index is 0.0917. The van der Waals surface area contributed by atoms with E-state index in [0.717, 1.165) is 28.4 Å². The first-order valence-electron chi connectivity index (χ1n) is 11.2. The Morgan fingerprint density at radius 2 is 1.94 bits per heavy atom. The van der Waals surface area contributed by atoms with Crippen molar-refractivity contribution in [2.24, 2.45) is 0 Å². The molecule has 0 aliphatic heterocycles. The molecule has 178 valence electrons. The summed E-state index contributed by atoms with van der Waals surface area (Å²) in [5, 5.41) is 12.3. The molecule has 10 heteroatoms. The lowest BCUT2D eigenvalue weighted by Gasteiger charge is -2.11. The van der Waals surface area contributed by atoms with Crippen LogP contribution in [0.2, 0.25) is 0 Å². The van der Waals surface area contributed by atoms with Gasteiger partial charge in [0.25, 0.3) is 5.91 Å². The van der Waals surface area contributed by atoms with Crippen LogP contribution in [0, 0.1) is 0 Å². The number of hydrogen-bond acceptors (Lipinski definition) is 8. The molecule has 0 atom stereocenters. The van der Waals surface area contributed by atoms with Gasteiger partial charge in [0.05, 0.1) is 30.8 Å². The summed E-state index contributed by atoms with van der Waals surface area (Å²) in [5.41, 5.74) is 1.32. The molecule has 0 saturated heterocycles. The number of rotatable bonds is 13. The third-order valence-corrected chi connectivity index (χ3v) is 5.32. The lowest BCUT2D eigenvalue weighted by Crippen LogP contribution is -2.27. The number of ether oxygens (including phenoxy) is 2. The highest BCUT2D eigenvalue weighted by Crippen LogP contribution is 2.24. The van der Waals surface area contributed by atoms with Crippen molar-refractivity contribution in [3.05, 3.63) is 36.0 Å². The fourth-order valence-electron chi connectivity index (χ4n) is 3.15. The highest BCUT2D eigenvalue weighted by atomic mass is 32.2. The zero-order valence-electron chi connectivity index (χ0n) is 19.6. The molecule has 0 bridgehead atoms. The Labute approximate surface area is 198 Å². The maximum Gasteiger partial charge on any atom is 0.251 e. The highest BCUT2D eigenvalue weighted by molar-refractivity contribution is 7.99. The number of fused-ring (bicyclic) bond motifs is 1. The van der Waals surface area contributed by atoms with Gasteiger partial charge in [0.15, 0.2) is 10.8 Å². The number of nitrogens with zero attached hydrogens (tertiary/aromatic N) is 4. The molecule has 1 amide bonds. The first-order valence-corrected chi connectivity index (χ1v) is 12.2. The number of aromatic nitrogens is 4. The number of anilines is 1. The highest BCUT2D eigenvalue weighted by Gasteiger charge is 2.14. The Kier molecular flexibility index (Phi) is 9.32. The Balaban J connectivity index is 1.64. The summed E-state index contributed by atoms with van der Waals surface area (Å²) < 4.78 is 12.8. The topological polar surface area (TPSA) is 103 Å². The minimum atomic E-state index is -0.141. The maximum atomic E-state index is 12.5. The summed E-state index contributed by atoms with van der Waals surface area (Å²) in [6.07, 6.45) is 1.85. The van der Waals surface area contributed by atoms with Gasteiger partial charge in [-0.1, -0.05) is 18.7 Å². The van der Waals surface area contributed by atoms with Crippen molar-refractivity contribution < 1.29 is 14.3 Å². The molecule has 1 aromatic carbocycles. The molecule has 0 unspecified atom stereocenters. The van der Waals surface area contributed by atoms with Gasteiger partial charge in [0.2, 0.25) is 0 Å². The van der Waals surface area contributed by atoms with Gasteiger partial charge in [0.1, 0.15) is 11.6 Å². The summed E-state index contributed by atoms with van der Waals surface area (Å²) in [7, 11) is 0. The summed E-state index contributed by atoms with van der Waals surface area (Å²) >= 11 is 1.58. The Morgan fingerprint density at radius 3 is 2.64 bits per heavy atom. The van der Waals surface area contributed by atoms with E-state index in [0.29, 0.717) is 43.6 Å². The molecule has 0 spiro atoms. The van der Waals surface area contributed by atoms with E-state index in [9.17, 15) is 4.79 Å². The van der Waals surface area contributed by atoms with Crippen molar-refractivity contribution in [2.45, 2.75) is 45.5 Å². The van der Waals surface area contributed by atoms with Crippen LogP contribution in [-0.2, 0) is 11.3 Å². The minimum Gasteiger partial charge on any atom is -0.491 e. The lowest BCUT2D eigenvalue weighted by atomic mass is 10.2. The fraction of sp³-hybridized carbons (Fsp3) is 0.478. The maximum absolute atomic E-state index is 12.5. The second kappa shape index (κ2) is 12.4. The van der Waals surface area contributed by atoms with E-state index >= 15 is 0 Å². The third kappa shape index (κ3) is 7.06. The zero-order chi connectivity index (χ0) is 23.6.